The van der Waals surface area contributed by atoms with Crippen LogP contribution in [0.4, 0.5) is 19.2 Å². The lowest BCUT2D eigenvalue weighted by molar-refractivity contribution is -0.288. The zero-order valence-corrected chi connectivity index (χ0v) is 71.5. The molecule has 30 atom stereocenters. The van der Waals surface area contributed by atoms with Gasteiger partial charge in [0, 0.05) is 19.1 Å². The standard InChI is InChI=1S/C51H70N4O17.C32H59N7O13/c1-7-32-19-21-34(53-47(60)64-25-30-15-11-9-12-16-30)43(66-32)69-40-29(3)23-36(52-46(59)51(63)27-55(28-51)49(62)72-50(4,5)6)38(57)42(40)71-45-39(58)41(37(24-56)68-45)70-44-35(22-20-33(8-2)67-44)54-48(61)65-26-31-17-13-10-14-18-31;1-31(2,3)52-30(44)39-12-32(45,13-39)29(43)38-19-8-18(37)23(49-26-16(35)6-4-14(9-33)46-26)25(21(19)41)51-28-22(42)24(20(11-40)48-28)50-27-17(36)7-5-15(10-34)47-27/h9-22,29,32-45,56-58,63H,7-8,23-28H2,1-6H3,(H,52,59)(H,53,60)(H,54,61);14-28,40-42,45H,4-13,33-37H2,1-3H3,(H,38,43)/t29-,32+,33-,34+,35+,36+,37+,38-,39+,40+,41+,42+,43+,44+,45-;14-,15+,16+,17+,18-,19+,20+,21-,22+,23+,24+,25+,26+,27+,28-/m00/s1. The third-order valence-corrected chi connectivity index (χ3v) is 23.2. The zero-order chi connectivity index (χ0) is 89.9. The summed E-state index contributed by atoms with van der Waals surface area (Å²) in [6, 6.07) is 12.3. The van der Waals surface area contributed by atoms with Crippen molar-refractivity contribution in [1.29, 1.82) is 0 Å². The maximum Gasteiger partial charge on any atom is 0.410 e. The van der Waals surface area contributed by atoms with Crippen molar-refractivity contribution in [3.05, 3.63) is 96.1 Å². The Morgan fingerprint density at radius 1 is 0.460 bits per heavy atom. The fourth-order valence-corrected chi connectivity index (χ4v) is 16.2. The lowest BCUT2D eigenvalue weighted by Gasteiger charge is -2.48. The summed E-state index contributed by atoms with van der Waals surface area (Å²) < 4.78 is 96.1. The number of aliphatic hydroxyl groups excluding tert-OH is 6. The number of nitrogens with two attached hydrogens (primary N) is 5. The summed E-state index contributed by atoms with van der Waals surface area (Å²) in [5, 5.41) is 101. The van der Waals surface area contributed by atoms with Gasteiger partial charge in [-0.3, -0.25) is 9.59 Å². The SMILES string of the molecule is CC(C)(C)OC(=O)N1CC(O)(C(=O)N[C@@H]2C[C@H](N)[C@@H](O[C@H]3O[C@H](CN)CC[C@H]3N)[C@H](O[C@@H]3O[C@H](CO)[C@@H](O[C@H]4O[C@@H](CN)CC[C@H]4N)[C@H]3O)[C@H]2O)C1.CC[C@H]1C=C[C@@H](NC(=O)OCc2ccccc2)[C@@H](O[C@H]2[C@@H](O)[C@H](O[C@@H]3[C@@H](O)[C@H](NC(=O)C4(O)CN(C(=O)OC(C)(C)C)C4)C[C@H](C)[C@H]3O[C@H]3O[C@H](CC)C=C[C@H]3NC(=O)OCc3ccccc3)O[C@@H]2CO)O1. The molecular weight excluding hydrogens is 1630 g/mol. The zero-order valence-electron chi connectivity index (χ0n) is 71.5. The smallest absolute Gasteiger partial charge is 0.410 e. The van der Waals surface area contributed by atoms with Gasteiger partial charge in [0.25, 0.3) is 11.8 Å². The number of rotatable bonds is 28. The van der Waals surface area contributed by atoms with Gasteiger partial charge >= 0.3 is 24.4 Å². The molecule has 0 spiro atoms. The number of β-amino-alcohol motifs (C(OH)–C–C–N with tert-alkyl or cyclic N) is 2. The second-order valence-electron chi connectivity index (χ2n) is 35.4. The van der Waals surface area contributed by atoms with Crippen LogP contribution < -0.4 is 49.9 Å². The van der Waals surface area contributed by atoms with E-state index in [0.717, 1.165) is 11.1 Å². The predicted octanol–water partition coefficient (Wildman–Crippen LogP) is -1.58. The van der Waals surface area contributed by atoms with Crippen LogP contribution in [0.25, 0.3) is 0 Å². The number of hydrogen-bond donors (Lipinski definition) is 17. The van der Waals surface area contributed by atoms with E-state index in [0.29, 0.717) is 38.5 Å². The Morgan fingerprint density at radius 2 is 0.831 bits per heavy atom. The third-order valence-electron chi connectivity index (χ3n) is 23.2. The lowest BCUT2D eigenvalue weighted by Crippen LogP contribution is -2.73. The van der Waals surface area contributed by atoms with Gasteiger partial charge in [0.1, 0.15) is 104 Å². The van der Waals surface area contributed by atoms with E-state index in [2.05, 4.69) is 21.3 Å². The minimum absolute atomic E-state index is 0.000582. The van der Waals surface area contributed by atoms with Crippen LogP contribution in [0, 0.1) is 5.92 Å². The fraction of sp³-hybridized carbons (Fsp3) is 0.735. The molecule has 2 saturated carbocycles. The predicted molar refractivity (Wildman–Crippen MR) is 434 cm³/mol. The lowest BCUT2D eigenvalue weighted by atomic mass is 9.79. The highest BCUT2D eigenvalue weighted by molar-refractivity contribution is 5.90. The normalized spacial score (nSPS) is 37.0. The Morgan fingerprint density at radius 3 is 1.22 bits per heavy atom. The number of amides is 6. The topological polar surface area (TPSA) is 597 Å². The van der Waals surface area contributed by atoms with Gasteiger partial charge in [0.2, 0.25) is 0 Å². The molecule has 6 saturated heterocycles. The van der Waals surface area contributed by atoms with E-state index in [9.17, 15) is 69.6 Å². The average Bonchev–Trinajstić information content (AvgIpc) is 1.22. The molecule has 6 amide bonds. The summed E-state index contributed by atoms with van der Waals surface area (Å²) in [6.45, 7) is 13.6. The third kappa shape index (κ3) is 24.9. The molecule has 41 nitrogen and oxygen atoms in total. The van der Waals surface area contributed by atoms with Crippen LogP contribution in [0.3, 0.4) is 0 Å². The van der Waals surface area contributed by atoms with Crippen LogP contribution >= 0.6 is 0 Å². The van der Waals surface area contributed by atoms with Crippen LogP contribution in [-0.2, 0) is 98.6 Å². The first kappa shape index (κ1) is 97.6. The van der Waals surface area contributed by atoms with Crippen molar-refractivity contribution in [2.75, 3.05) is 52.5 Å². The maximum absolute atomic E-state index is 13.8. The molecular formula is C83H129N11O30. The molecule has 0 radical (unpaired) electrons. The van der Waals surface area contributed by atoms with Crippen molar-refractivity contribution in [2.24, 2.45) is 34.6 Å². The molecule has 0 aromatic heterocycles. The Kier molecular flexibility index (Phi) is 33.8. The highest BCUT2D eigenvalue weighted by Gasteiger charge is 2.59. The molecule has 0 bridgehead atoms. The molecule has 8 aliphatic heterocycles. The summed E-state index contributed by atoms with van der Waals surface area (Å²) in [5.41, 5.74) is 26.8. The number of ether oxygens (including phenoxy) is 16. The van der Waals surface area contributed by atoms with E-state index in [1.807, 2.05) is 74.5 Å². The molecule has 2 aromatic rings. The van der Waals surface area contributed by atoms with Crippen molar-refractivity contribution < 1.29 is 145 Å². The minimum Gasteiger partial charge on any atom is -0.445 e. The fourth-order valence-electron chi connectivity index (χ4n) is 16.2. The highest BCUT2D eigenvalue weighted by atomic mass is 16.8. The van der Waals surface area contributed by atoms with Gasteiger partial charge in [-0.15, -0.1) is 0 Å². The largest absolute Gasteiger partial charge is 0.445 e. The first-order chi connectivity index (χ1) is 58.8. The maximum atomic E-state index is 13.8. The number of hydrogen-bond acceptors (Lipinski definition) is 35. The minimum atomic E-state index is -2.00. The summed E-state index contributed by atoms with van der Waals surface area (Å²) in [4.78, 5) is 80.8. The number of carbonyl (C=O) groups excluding carboxylic acids is 6. The number of benzene rings is 2. The number of alkyl carbamates (subject to hydrolysis) is 2. The molecule has 124 heavy (non-hydrogen) atoms. The second kappa shape index (κ2) is 42.9. The highest BCUT2D eigenvalue weighted by Crippen LogP contribution is 2.40. The van der Waals surface area contributed by atoms with Crippen LogP contribution in [0.2, 0.25) is 0 Å². The molecule has 2 aliphatic carbocycles. The Balaban J connectivity index is 0.000000254. The van der Waals surface area contributed by atoms with Gasteiger partial charge in [-0.05, 0) is 110 Å². The summed E-state index contributed by atoms with van der Waals surface area (Å²) in [5.74, 6) is -2.28. The van der Waals surface area contributed by atoms with E-state index in [1.54, 1.807) is 72.8 Å². The molecule has 2 aromatic carbocycles. The molecule has 696 valence electrons. The summed E-state index contributed by atoms with van der Waals surface area (Å²) in [7, 11) is 0. The van der Waals surface area contributed by atoms with Crippen LogP contribution in [0.1, 0.15) is 125 Å². The van der Waals surface area contributed by atoms with Gasteiger partial charge in [-0.25, -0.2) is 19.2 Å². The number of nitrogens with one attached hydrogen (secondary N) is 4. The summed E-state index contributed by atoms with van der Waals surface area (Å²) >= 11 is 0. The van der Waals surface area contributed by atoms with Crippen molar-refractivity contribution in [2.45, 2.75) is 327 Å². The van der Waals surface area contributed by atoms with Crippen molar-refractivity contribution in [3.63, 3.8) is 0 Å². The Hall–Kier alpha value is -7.06. The van der Waals surface area contributed by atoms with Crippen LogP contribution in [0.15, 0.2) is 85.0 Å². The molecule has 8 heterocycles. The van der Waals surface area contributed by atoms with E-state index < -0.39 is 243 Å². The Labute approximate surface area is 720 Å². The molecule has 12 rings (SSSR count). The van der Waals surface area contributed by atoms with E-state index in [-0.39, 0.29) is 77.5 Å². The second-order valence-corrected chi connectivity index (χ2v) is 35.4. The van der Waals surface area contributed by atoms with E-state index >= 15 is 0 Å². The average molecular weight is 1760 g/mol. The van der Waals surface area contributed by atoms with Crippen LogP contribution in [0.5, 0.6) is 0 Å². The molecule has 22 N–H and O–H groups in total. The number of nitrogens with zero attached hydrogens (tertiary/aromatic N) is 2. The number of aliphatic hydroxyl groups is 8. The van der Waals surface area contributed by atoms with Gasteiger partial charge < -0.3 is 176 Å². The summed E-state index contributed by atoms with van der Waals surface area (Å²) in [6.07, 6.45) is -17.5. The number of carbonyl (C=O) groups is 6. The molecule has 8 fully saturated rings. The Bertz CT molecular complexity index is 3850. The van der Waals surface area contributed by atoms with Crippen molar-refractivity contribution in [3.8, 4) is 0 Å². The molecule has 0 unspecified atom stereocenters. The van der Waals surface area contributed by atoms with Gasteiger partial charge in [0.05, 0.1) is 94.1 Å². The van der Waals surface area contributed by atoms with E-state index in [4.69, 9.17) is 104 Å². The first-order valence-corrected chi connectivity index (χ1v) is 42.6. The van der Waals surface area contributed by atoms with Crippen LogP contribution in [-0.4, -0.2) is 339 Å². The van der Waals surface area contributed by atoms with Gasteiger partial charge in [0.15, 0.2) is 48.9 Å². The van der Waals surface area contributed by atoms with Crippen molar-refractivity contribution in [1.82, 2.24) is 31.1 Å². The quantitative estimate of drug-likeness (QED) is 0.0338. The van der Waals surface area contributed by atoms with E-state index in [1.165, 1.54) is 9.80 Å². The monoisotopic (exact) mass is 1760 g/mol. The number of likely N-dealkylation sites (tertiary alicyclic amines) is 2. The van der Waals surface area contributed by atoms with Crippen molar-refractivity contribution >= 4 is 36.2 Å². The van der Waals surface area contributed by atoms with Gasteiger partial charge in [-0.1, -0.05) is 106 Å². The first-order valence-electron chi connectivity index (χ1n) is 42.6. The van der Waals surface area contributed by atoms with Gasteiger partial charge in [-0.2, -0.15) is 0 Å². The molecule has 10 aliphatic rings. The molecule has 41 heteroatoms.